The van der Waals surface area contributed by atoms with Gasteiger partial charge < -0.3 is 20.8 Å². The van der Waals surface area contributed by atoms with E-state index in [0.29, 0.717) is 0 Å². The number of carbonyl (C=O) groups is 3. The zero-order chi connectivity index (χ0) is 14.2. The Labute approximate surface area is 108 Å². The number of carboxylic acids is 1. The number of aliphatic hydroxyl groups is 1. The van der Waals surface area contributed by atoms with E-state index in [1.165, 1.54) is 12.1 Å². The Morgan fingerprint density at radius 3 is 2.47 bits per heavy atom. The number of rotatable bonds is 3. The van der Waals surface area contributed by atoms with E-state index in [1.54, 1.807) is 12.1 Å². The topological polar surface area (TPSA) is 121 Å². The number of carboxylic acid groups (broad SMARTS) is 1. The van der Waals surface area contributed by atoms with Gasteiger partial charge in [-0.05, 0) is 12.1 Å². The number of primary amides is 1. The number of hydrogen-bond acceptors (Lipinski definition) is 4. The molecule has 7 heteroatoms. The zero-order valence-corrected chi connectivity index (χ0v) is 9.87. The zero-order valence-electron chi connectivity index (χ0n) is 9.87. The van der Waals surface area contributed by atoms with Crippen LogP contribution in [0.3, 0.4) is 0 Å². The van der Waals surface area contributed by atoms with Gasteiger partial charge in [0.2, 0.25) is 5.60 Å². The molecule has 0 spiro atoms. The van der Waals surface area contributed by atoms with Crippen molar-refractivity contribution in [3.05, 3.63) is 29.8 Å². The third-order valence-electron chi connectivity index (χ3n) is 3.11. The quantitative estimate of drug-likeness (QED) is 0.626. The van der Waals surface area contributed by atoms with Crippen molar-refractivity contribution < 1.29 is 24.6 Å². The molecule has 4 N–H and O–H groups in total. The number of amides is 2. The Kier molecular flexibility index (Phi) is 2.99. The van der Waals surface area contributed by atoms with Gasteiger partial charge >= 0.3 is 5.97 Å². The third-order valence-corrected chi connectivity index (χ3v) is 3.11. The second-order valence-corrected chi connectivity index (χ2v) is 4.25. The van der Waals surface area contributed by atoms with Crippen molar-refractivity contribution in [2.75, 3.05) is 11.4 Å². The van der Waals surface area contributed by atoms with Crippen molar-refractivity contribution >= 4 is 23.5 Å². The summed E-state index contributed by atoms with van der Waals surface area (Å²) in [7, 11) is 0. The van der Waals surface area contributed by atoms with Gasteiger partial charge in [-0.1, -0.05) is 12.1 Å². The molecule has 2 amide bonds. The predicted octanol–water partition coefficient (Wildman–Crippen LogP) is -0.662. The monoisotopic (exact) mass is 264 g/mol. The standard InChI is InChI=1S/C12H12N2O5/c13-9(15)7-3-1-2-4-8(7)14-6-5-12(19,10(14)16)11(17)18/h1-4,19H,5-6H2,(H2,13,15)(H,17,18). The van der Waals surface area contributed by atoms with E-state index < -0.39 is 23.4 Å². The van der Waals surface area contributed by atoms with Crippen LogP contribution in [0.4, 0.5) is 5.69 Å². The summed E-state index contributed by atoms with van der Waals surface area (Å²) in [6.45, 7) is 0.00588. The van der Waals surface area contributed by atoms with E-state index in [1.807, 2.05) is 0 Å². The van der Waals surface area contributed by atoms with Crippen LogP contribution in [0.15, 0.2) is 24.3 Å². The number of nitrogens with two attached hydrogens (primary N) is 1. The van der Waals surface area contributed by atoms with E-state index in [2.05, 4.69) is 0 Å². The lowest BCUT2D eigenvalue weighted by atomic mass is 10.0. The normalized spacial score (nSPS) is 22.6. The SMILES string of the molecule is NC(=O)c1ccccc1N1CCC(O)(C(=O)O)C1=O. The summed E-state index contributed by atoms with van der Waals surface area (Å²) >= 11 is 0. The minimum atomic E-state index is -2.44. The first kappa shape index (κ1) is 13.0. The van der Waals surface area contributed by atoms with E-state index in [4.69, 9.17) is 10.8 Å². The lowest BCUT2D eigenvalue weighted by molar-refractivity contribution is -0.162. The molecule has 1 atom stereocenters. The maximum Gasteiger partial charge on any atom is 0.345 e. The first-order valence-electron chi connectivity index (χ1n) is 5.54. The number of anilines is 1. The van der Waals surface area contributed by atoms with E-state index in [0.717, 1.165) is 4.90 Å². The van der Waals surface area contributed by atoms with Crippen molar-refractivity contribution in [2.24, 2.45) is 5.73 Å². The molecule has 100 valence electrons. The number of carbonyl (C=O) groups excluding carboxylic acids is 2. The molecule has 1 heterocycles. The van der Waals surface area contributed by atoms with E-state index in [9.17, 15) is 19.5 Å². The number of hydrogen-bond donors (Lipinski definition) is 3. The Morgan fingerprint density at radius 1 is 1.32 bits per heavy atom. The van der Waals surface area contributed by atoms with Gasteiger partial charge in [0.1, 0.15) is 0 Å². The van der Waals surface area contributed by atoms with Gasteiger partial charge in [-0.15, -0.1) is 0 Å². The molecule has 19 heavy (non-hydrogen) atoms. The molecule has 0 radical (unpaired) electrons. The molecule has 1 aromatic carbocycles. The number of aliphatic carboxylic acids is 1. The summed E-state index contributed by atoms with van der Waals surface area (Å²) in [5, 5.41) is 18.7. The minimum Gasteiger partial charge on any atom is -0.479 e. The van der Waals surface area contributed by atoms with Gasteiger partial charge in [0.25, 0.3) is 11.8 Å². The Bertz CT molecular complexity index is 571. The average molecular weight is 264 g/mol. The smallest absolute Gasteiger partial charge is 0.345 e. The summed E-state index contributed by atoms with van der Waals surface area (Å²) in [6.07, 6.45) is -0.242. The van der Waals surface area contributed by atoms with Crippen molar-refractivity contribution in [1.82, 2.24) is 0 Å². The molecular weight excluding hydrogens is 252 g/mol. The molecule has 1 aromatic rings. The Hall–Kier alpha value is -2.41. The highest BCUT2D eigenvalue weighted by atomic mass is 16.4. The summed E-state index contributed by atoms with van der Waals surface area (Å²) in [5.74, 6) is -3.29. The number of benzene rings is 1. The van der Waals surface area contributed by atoms with Crippen LogP contribution in [0.25, 0.3) is 0 Å². The Balaban J connectivity index is 2.43. The molecule has 1 fully saturated rings. The highest BCUT2D eigenvalue weighted by molar-refractivity contribution is 6.16. The third kappa shape index (κ3) is 1.93. The van der Waals surface area contributed by atoms with Gasteiger partial charge in [-0.3, -0.25) is 9.59 Å². The lowest BCUT2D eigenvalue weighted by Gasteiger charge is -2.20. The maximum absolute atomic E-state index is 12.0. The van der Waals surface area contributed by atoms with Crippen molar-refractivity contribution in [2.45, 2.75) is 12.0 Å². The second-order valence-electron chi connectivity index (χ2n) is 4.25. The fraction of sp³-hybridized carbons (Fsp3) is 0.250. The Morgan fingerprint density at radius 2 is 1.95 bits per heavy atom. The fourth-order valence-electron chi connectivity index (χ4n) is 2.05. The number of nitrogens with zero attached hydrogens (tertiary/aromatic N) is 1. The van der Waals surface area contributed by atoms with Crippen LogP contribution in [-0.4, -0.2) is 40.1 Å². The summed E-state index contributed by atoms with van der Waals surface area (Å²) in [6, 6.07) is 6.08. The van der Waals surface area contributed by atoms with Crippen LogP contribution < -0.4 is 10.6 Å². The van der Waals surface area contributed by atoms with Crippen molar-refractivity contribution in [3.63, 3.8) is 0 Å². The molecule has 0 aliphatic carbocycles. The van der Waals surface area contributed by atoms with Gasteiger partial charge in [-0.2, -0.15) is 0 Å². The molecule has 1 unspecified atom stereocenters. The van der Waals surface area contributed by atoms with Crippen LogP contribution in [0.5, 0.6) is 0 Å². The van der Waals surface area contributed by atoms with E-state index >= 15 is 0 Å². The highest BCUT2D eigenvalue weighted by Crippen LogP contribution is 2.30. The van der Waals surface area contributed by atoms with Crippen LogP contribution in [0.2, 0.25) is 0 Å². The second kappa shape index (κ2) is 4.36. The molecular formula is C12H12N2O5. The van der Waals surface area contributed by atoms with Gasteiger partial charge in [0.15, 0.2) is 0 Å². The van der Waals surface area contributed by atoms with Crippen molar-refractivity contribution in [3.8, 4) is 0 Å². The molecule has 2 rings (SSSR count). The summed E-state index contributed by atoms with van der Waals surface area (Å²) in [4.78, 5) is 35.3. The fourth-order valence-corrected chi connectivity index (χ4v) is 2.05. The van der Waals surface area contributed by atoms with Crippen LogP contribution in [0.1, 0.15) is 16.8 Å². The number of para-hydroxylation sites is 1. The predicted molar refractivity (Wildman–Crippen MR) is 64.5 cm³/mol. The summed E-state index contributed by atoms with van der Waals surface area (Å²) < 4.78 is 0. The van der Waals surface area contributed by atoms with Crippen LogP contribution in [-0.2, 0) is 9.59 Å². The highest BCUT2D eigenvalue weighted by Gasteiger charge is 2.52. The maximum atomic E-state index is 12.0. The molecule has 0 aromatic heterocycles. The van der Waals surface area contributed by atoms with Gasteiger partial charge in [-0.25, -0.2) is 4.79 Å². The molecule has 1 saturated heterocycles. The molecule has 1 aliphatic rings. The van der Waals surface area contributed by atoms with Crippen LogP contribution >= 0.6 is 0 Å². The van der Waals surface area contributed by atoms with E-state index in [-0.39, 0.29) is 24.2 Å². The first-order valence-corrected chi connectivity index (χ1v) is 5.54. The van der Waals surface area contributed by atoms with Crippen molar-refractivity contribution in [1.29, 1.82) is 0 Å². The first-order chi connectivity index (χ1) is 8.88. The van der Waals surface area contributed by atoms with Crippen LogP contribution in [0, 0.1) is 0 Å². The average Bonchev–Trinajstić information content (AvgIpc) is 2.67. The molecule has 7 nitrogen and oxygen atoms in total. The van der Waals surface area contributed by atoms with Gasteiger partial charge in [0.05, 0.1) is 11.3 Å². The molecule has 1 aliphatic heterocycles. The lowest BCUT2D eigenvalue weighted by Crippen LogP contribution is -2.47. The molecule has 0 bridgehead atoms. The minimum absolute atomic E-state index is 0.00588. The van der Waals surface area contributed by atoms with Gasteiger partial charge in [0, 0.05) is 13.0 Å². The molecule has 0 saturated carbocycles. The largest absolute Gasteiger partial charge is 0.479 e. The summed E-state index contributed by atoms with van der Waals surface area (Å²) in [5.41, 5.74) is 3.07.